The Morgan fingerprint density at radius 2 is 0.455 bits per heavy atom. The summed E-state index contributed by atoms with van der Waals surface area (Å²) in [7, 11) is 0. The molecule has 0 amide bonds. The van der Waals surface area contributed by atoms with E-state index in [2.05, 4.69) is 0 Å². The number of hydrogen-bond acceptors (Lipinski definition) is 6. The van der Waals surface area contributed by atoms with Gasteiger partial charge in [-0.15, -0.1) is 0 Å². The molecule has 0 rings (SSSR count). The maximum Gasteiger partial charge on any atom is 0.482 e. The minimum absolute atomic E-state index is 0. The van der Waals surface area contributed by atoms with Crippen molar-refractivity contribution in [3.8, 4) is 0 Å². The Morgan fingerprint density at radius 3 is 0.455 bits per heavy atom. The Bertz CT molecular complexity index is 20.5. The predicted octanol–water partition coefficient (Wildman–Crippen LogP) is -4.37. The third kappa shape index (κ3) is 1270. The summed E-state index contributed by atoms with van der Waals surface area (Å²) in [5, 5.41) is 42.0. The van der Waals surface area contributed by atoms with Gasteiger partial charge in [-0.3, -0.25) is 0 Å². The molecule has 0 aromatic carbocycles. The molecule has 3 radical (unpaired) electrons. The first-order valence-electron chi connectivity index (χ1n) is 1.55. The second kappa shape index (κ2) is 71.6. The minimum atomic E-state index is 0. The maximum absolute atomic E-state index is 7.00. The lowest BCUT2D eigenvalue weighted by Gasteiger charge is -1.46. The summed E-state index contributed by atoms with van der Waals surface area (Å²) in [5.74, 6) is 0. The molecule has 0 aliphatic rings. The van der Waals surface area contributed by atoms with Gasteiger partial charge in [0.15, 0.2) is 0 Å². The van der Waals surface area contributed by atoms with Crippen LogP contribution in [0.25, 0.3) is 0 Å². The van der Waals surface area contributed by atoms with Crippen LogP contribution in [0, 0.1) is 0 Å². The lowest BCUT2D eigenvalue weighted by atomic mass is 10.5. The first kappa shape index (κ1) is 29.8. The lowest BCUT2D eigenvalue weighted by molar-refractivity contribution is 0.447. The van der Waals surface area contributed by atoms with Crippen LogP contribution >= 0.6 is 19.8 Å². The highest BCUT2D eigenvalue weighted by Gasteiger charge is 1.52. The smallest absolute Gasteiger partial charge is 0.429 e. The van der Waals surface area contributed by atoms with E-state index in [1.165, 1.54) is 0 Å². The van der Waals surface area contributed by atoms with Crippen LogP contribution in [-0.4, -0.2) is 53.2 Å². The maximum atomic E-state index is 7.00. The summed E-state index contributed by atoms with van der Waals surface area (Å²) < 4.78 is 0. The normalized spacial score (nSPS) is 3.82. The number of hydrogen-bond donors (Lipinski definition) is 6. The molecule has 6 N–H and O–H groups in total. The summed E-state index contributed by atoms with van der Waals surface area (Å²) >= 11 is 0. The highest BCUT2D eigenvalue weighted by molar-refractivity contribution is 6.92. The van der Waals surface area contributed by atoms with Gasteiger partial charge in [0.05, 0.1) is 0 Å². The van der Waals surface area contributed by atoms with E-state index in [9.17, 15) is 0 Å². The monoisotopic (exact) mass is 203 g/mol. The van der Waals surface area contributed by atoms with Crippen LogP contribution in [0.2, 0.25) is 0 Å². The van der Waals surface area contributed by atoms with Crippen molar-refractivity contribution in [2.45, 2.75) is 0 Å². The topological polar surface area (TPSA) is 121 Å². The van der Waals surface area contributed by atoms with Crippen molar-refractivity contribution in [3.05, 3.63) is 0 Å². The van der Waals surface area contributed by atoms with Gasteiger partial charge in [-0.2, -0.15) is 19.8 Å². The molecule has 0 spiro atoms. The molecule has 11 heteroatoms. The molecular formula is H12B3O6P2. The lowest BCUT2D eigenvalue weighted by Crippen LogP contribution is -1.75. The van der Waals surface area contributed by atoms with Gasteiger partial charge in [0.25, 0.3) is 0 Å². The Hall–Kier alpha value is 0.815. The quantitative estimate of drug-likeness (QED) is 0.174. The van der Waals surface area contributed by atoms with Crippen molar-refractivity contribution in [2.75, 3.05) is 0 Å². The molecule has 6 nitrogen and oxygen atoms in total. The molecule has 11 heavy (non-hydrogen) atoms. The summed E-state index contributed by atoms with van der Waals surface area (Å²) in [5.41, 5.74) is 0. The molecular weight excluding hydrogens is 190 g/mol. The molecule has 0 aliphatic carbocycles. The van der Waals surface area contributed by atoms with Crippen LogP contribution < -0.4 is 0 Å². The SMILES string of the molecule is O[B]O.O[B]O.O[B]O.P.P. The molecule has 0 fully saturated rings. The van der Waals surface area contributed by atoms with Crippen LogP contribution in [0.5, 0.6) is 0 Å². The Kier molecular flexibility index (Phi) is 194. The zero-order chi connectivity index (χ0) is 8.12. The van der Waals surface area contributed by atoms with Gasteiger partial charge in [-0.1, -0.05) is 0 Å². The Labute approximate surface area is 73.8 Å². The zero-order valence-corrected chi connectivity index (χ0v) is 8.66. The molecule has 67 valence electrons. The van der Waals surface area contributed by atoms with E-state index in [0.29, 0.717) is 0 Å². The van der Waals surface area contributed by atoms with E-state index in [-0.39, 0.29) is 42.9 Å². The fourth-order valence-electron chi connectivity index (χ4n) is 0. The van der Waals surface area contributed by atoms with Gasteiger partial charge in [-0.25, -0.2) is 0 Å². The van der Waals surface area contributed by atoms with Gasteiger partial charge in [-0.05, 0) is 0 Å². The predicted molar refractivity (Wildman–Crippen MR) is 52.8 cm³/mol. The molecule has 0 saturated heterocycles. The van der Waals surface area contributed by atoms with Gasteiger partial charge < -0.3 is 30.1 Å². The fourth-order valence-corrected chi connectivity index (χ4v) is 0. The molecule has 2 atom stereocenters. The van der Waals surface area contributed by atoms with E-state index >= 15 is 0 Å². The third-order valence-electron chi connectivity index (χ3n) is 0. The highest BCUT2D eigenvalue weighted by Crippen LogP contribution is 1.09. The summed E-state index contributed by atoms with van der Waals surface area (Å²) in [6.45, 7) is 0. The second-order valence-electron chi connectivity index (χ2n) is 0.346. The van der Waals surface area contributed by atoms with Crippen molar-refractivity contribution in [1.82, 2.24) is 0 Å². The largest absolute Gasteiger partial charge is 0.482 e. The minimum Gasteiger partial charge on any atom is -0.429 e. The molecule has 0 aromatic rings. The van der Waals surface area contributed by atoms with E-state index in [1.54, 1.807) is 0 Å². The molecule has 0 saturated carbocycles. The molecule has 0 aromatic heterocycles. The standard InChI is InChI=1S/3BH2O2.2H3P/c3*2-1-3;;/h3*2-3H;2*1H3. The van der Waals surface area contributed by atoms with Gasteiger partial charge in [0.2, 0.25) is 0 Å². The first-order chi connectivity index (χ1) is 4.24. The van der Waals surface area contributed by atoms with Crippen molar-refractivity contribution in [2.24, 2.45) is 0 Å². The molecule has 0 bridgehead atoms. The average molecular weight is 202 g/mol. The van der Waals surface area contributed by atoms with E-state index < -0.39 is 0 Å². The summed E-state index contributed by atoms with van der Waals surface area (Å²) in [6, 6.07) is 0. The third-order valence-corrected chi connectivity index (χ3v) is 0. The van der Waals surface area contributed by atoms with Gasteiger partial charge >= 0.3 is 23.1 Å². The van der Waals surface area contributed by atoms with Crippen LogP contribution in [0.3, 0.4) is 0 Å². The van der Waals surface area contributed by atoms with Crippen LogP contribution in [-0.2, 0) is 0 Å². The van der Waals surface area contributed by atoms with Crippen LogP contribution in [0.4, 0.5) is 0 Å². The van der Waals surface area contributed by atoms with Crippen molar-refractivity contribution in [3.63, 3.8) is 0 Å². The zero-order valence-electron chi connectivity index (χ0n) is 5.83. The highest BCUT2D eigenvalue weighted by atomic mass is 31.0. The average Bonchev–Trinajstić information content (AvgIpc) is 1.70. The fraction of sp³-hybridized carbons (Fsp3) is 0. The van der Waals surface area contributed by atoms with E-state index in [1.807, 2.05) is 0 Å². The van der Waals surface area contributed by atoms with Crippen molar-refractivity contribution in [1.29, 1.82) is 0 Å². The van der Waals surface area contributed by atoms with Crippen molar-refractivity contribution < 1.29 is 30.1 Å². The molecule has 2 unspecified atom stereocenters. The van der Waals surface area contributed by atoms with E-state index in [4.69, 9.17) is 30.1 Å². The van der Waals surface area contributed by atoms with Gasteiger partial charge in [0.1, 0.15) is 0 Å². The van der Waals surface area contributed by atoms with E-state index in [0.717, 1.165) is 0 Å². The van der Waals surface area contributed by atoms with Crippen LogP contribution in [0.15, 0.2) is 0 Å². The Morgan fingerprint density at radius 1 is 0.455 bits per heavy atom. The summed E-state index contributed by atoms with van der Waals surface area (Å²) in [4.78, 5) is 0. The Balaban J connectivity index is -0.0000000150. The van der Waals surface area contributed by atoms with Crippen molar-refractivity contribution >= 4 is 42.9 Å². The molecule has 0 aliphatic heterocycles. The molecule has 0 heterocycles. The van der Waals surface area contributed by atoms with Gasteiger partial charge in [0, 0.05) is 0 Å². The second-order valence-corrected chi connectivity index (χ2v) is 0.346. The first-order valence-corrected chi connectivity index (χ1v) is 1.55. The van der Waals surface area contributed by atoms with Crippen LogP contribution in [0.1, 0.15) is 0 Å². The number of rotatable bonds is 0. The summed E-state index contributed by atoms with van der Waals surface area (Å²) in [6.07, 6.45) is 0.